The molecule has 0 bridgehead atoms. The van der Waals surface area contributed by atoms with Crippen molar-refractivity contribution in [2.45, 2.75) is 39.3 Å². The van der Waals surface area contributed by atoms with Crippen molar-refractivity contribution >= 4 is 17.8 Å². The molecule has 1 N–H and O–H groups in total. The number of hydrogen-bond acceptors (Lipinski definition) is 6. The molecule has 1 fully saturated rings. The number of amides is 2. The molecule has 2 amide bonds. The van der Waals surface area contributed by atoms with Gasteiger partial charge in [-0.3, -0.25) is 14.4 Å². The number of nitrogens with zero attached hydrogens (tertiary/aromatic N) is 2. The van der Waals surface area contributed by atoms with Gasteiger partial charge in [-0.15, -0.1) is 0 Å². The highest BCUT2D eigenvalue weighted by atomic mass is 16.5. The summed E-state index contributed by atoms with van der Waals surface area (Å²) in [5.74, 6) is -1.39. The highest BCUT2D eigenvalue weighted by Gasteiger charge is 2.36. The SMILES string of the molecule is CC(C)[C@@](C)(C#N)NC(=O)COC(=O)[C@H]1CC(=O)N(Cc2ccco2)C1. The number of rotatable bonds is 7. The van der Waals surface area contributed by atoms with Gasteiger partial charge in [-0.05, 0) is 25.0 Å². The molecule has 0 aromatic carbocycles. The summed E-state index contributed by atoms with van der Waals surface area (Å²) in [6.45, 7) is 5.28. The van der Waals surface area contributed by atoms with Gasteiger partial charge in [0, 0.05) is 13.0 Å². The number of nitrogens with one attached hydrogen (secondary N) is 1. The second kappa shape index (κ2) is 8.04. The lowest BCUT2D eigenvalue weighted by Gasteiger charge is -2.27. The molecule has 8 nitrogen and oxygen atoms in total. The minimum absolute atomic E-state index is 0.0447. The first-order valence-electron chi connectivity index (χ1n) is 8.44. The number of ether oxygens (including phenoxy) is 1. The Morgan fingerprint density at radius 3 is 2.85 bits per heavy atom. The maximum Gasteiger partial charge on any atom is 0.311 e. The first-order chi connectivity index (χ1) is 12.2. The van der Waals surface area contributed by atoms with Crippen LogP contribution in [0.1, 0.15) is 33.0 Å². The summed E-state index contributed by atoms with van der Waals surface area (Å²) >= 11 is 0. The minimum atomic E-state index is -1.04. The Morgan fingerprint density at radius 2 is 2.27 bits per heavy atom. The van der Waals surface area contributed by atoms with Crippen LogP contribution >= 0.6 is 0 Å². The maximum absolute atomic E-state index is 12.1. The fraction of sp³-hybridized carbons (Fsp3) is 0.556. The number of carbonyl (C=O) groups is 3. The van der Waals surface area contributed by atoms with Crippen LogP contribution in [0.2, 0.25) is 0 Å². The van der Waals surface area contributed by atoms with E-state index in [1.165, 1.54) is 11.2 Å². The first-order valence-corrected chi connectivity index (χ1v) is 8.44. The highest BCUT2D eigenvalue weighted by molar-refractivity contribution is 5.88. The van der Waals surface area contributed by atoms with E-state index in [-0.39, 0.29) is 24.8 Å². The normalized spacial score (nSPS) is 19.1. The fourth-order valence-electron chi connectivity index (χ4n) is 2.56. The van der Waals surface area contributed by atoms with Gasteiger partial charge in [0.05, 0.1) is 24.8 Å². The lowest BCUT2D eigenvalue weighted by Crippen LogP contribution is -2.50. The Labute approximate surface area is 152 Å². The molecule has 1 aromatic rings. The molecule has 1 aliphatic heterocycles. The van der Waals surface area contributed by atoms with Crippen LogP contribution < -0.4 is 5.32 Å². The van der Waals surface area contributed by atoms with Gasteiger partial charge in [0.25, 0.3) is 5.91 Å². The van der Waals surface area contributed by atoms with E-state index < -0.39 is 29.9 Å². The van der Waals surface area contributed by atoms with Gasteiger partial charge >= 0.3 is 5.97 Å². The molecule has 1 aliphatic rings. The third-order valence-corrected chi connectivity index (χ3v) is 4.61. The zero-order chi connectivity index (χ0) is 19.3. The lowest BCUT2D eigenvalue weighted by atomic mass is 9.90. The van der Waals surface area contributed by atoms with E-state index in [0.29, 0.717) is 12.3 Å². The van der Waals surface area contributed by atoms with Gasteiger partial charge in [0.1, 0.15) is 11.3 Å². The van der Waals surface area contributed by atoms with E-state index in [1.807, 2.05) is 13.8 Å². The molecule has 0 radical (unpaired) electrons. The second-order valence-corrected chi connectivity index (χ2v) is 6.88. The third-order valence-electron chi connectivity index (χ3n) is 4.61. The Bertz CT molecular complexity index is 707. The minimum Gasteiger partial charge on any atom is -0.467 e. The average Bonchev–Trinajstić information content (AvgIpc) is 3.23. The number of furan rings is 1. The monoisotopic (exact) mass is 361 g/mol. The maximum atomic E-state index is 12.1. The number of nitriles is 1. The van der Waals surface area contributed by atoms with Crippen LogP contribution in [0.3, 0.4) is 0 Å². The van der Waals surface area contributed by atoms with Crippen molar-refractivity contribution in [3.05, 3.63) is 24.2 Å². The Hall–Kier alpha value is -2.82. The average molecular weight is 361 g/mol. The van der Waals surface area contributed by atoms with E-state index in [9.17, 15) is 19.6 Å². The molecule has 26 heavy (non-hydrogen) atoms. The summed E-state index contributed by atoms with van der Waals surface area (Å²) in [6.07, 6.45) is 1.56. The highest BCUT2D eigenvalue weighted by Crippen LogP contribution is 2.21. The number of carbonyl (C=O) groups excluding carboxylic acids is 3. The molecule has 140 valence electrons. The Kier molecular flexibility index (Phi) is 6.03. The topological polar surface area (TPSA) is 113 Å². The van der Waals surface area contributed by atoms with Crippen molar-refractivity contribution < 1.29 is 23.5 Å². The first kappa shape index (κ1) is 19.5. The van der Waals surface area contributed by atoms with Crippen molar-refractivity contribution in [2.24, 2.45) is 11.8 Å². The van der Waals surface area contributed by atoms with Crippen LogP contribution in [0.25, 0.3) is 0 Å². The third kappa shape index (κ3) is 4.63. The van der Waals surface area contributed by atoms with Crippen molar-refractivity contribution in [1.82, 2.24) is 10.2 Å². The van der Waals surface area contributed by atoms with E-state index >= 15 is 0 Å². The van der Waals surface area contributed by atoms with E-state index in [2.05, 4.69) is 11.4 Å². The molecular formula is C18H23N3O5. The number of hydrogen-bond donors (Lipinski definition) is 1. The predicted molar refractivity (Wildman–Crippen MR) is 90.2 cm³/mol. The molecule has 0 aliphatic carbocycles. The van der Waals surface area contributed by atoms with Gasteiger partial charge in [0.15, 0.2) is 6.61 Å². The summed E-state index contributed by atoms with van der Waals surface area (Å²) < 4.78 is 10.2. The van der Waals surface area contributed by atoms with Crippen LogP contribution in [0, 0.1) is 23.2 Å². The van der Waals surface area contributed by atoms with E-state index in [4.69, 9.17) is 9.15 Å². The lowest BCUT2D eigenvalue weighted by molar-refractivity contribution is -0.152. The number of esters is 1. The second-order valence-electron chi connectivity index (χ2n) is 6.88. The van der Waals surface area contributed by atoms with E-state index in [0.717, 1.165) is 0 Å². The summed E-state index contributed by atoms with van der Waals surface area (Å²) in [4.78, 5) is 37.6. The largest absolute Gasteiger partial charge is 0.467 e. The molecule has 1 saturated heterocycles. The summed E-state index contributed by atoms with van der Waals surface area (Å²) in [5.41, 5.74) is -1.04. The van der Waals surface area contributed by atoms with Crippen LogP contribution in [0.5, 0.6) is 0 Å². The quantitative estimate of drug-likeness (QED) is 0.731. The van der Waals surface area contributed by atoms with Gasteiger partial charge in [-0.2, -0.15) is 5.26 Å². The van der Waals surface area contributed by atoms with E-state index in [1.54, 1.807) is 19.1 Å². The fourth-order valence-corrected chi connectivity index (χ4v) is 2.56. The Balaban J connectivity index is 1.82. The summed E-state index contributed by atoms with van der Waals surface area (Å²) in [6, 6.07) is 5.53. The van der Waals surface area contributed by atoms with Crippen molar-refractivity contribution in [3.8, 4) is 6.07 Å². The smallest absolute Gasteiger partial charge is 0.311 e. The van der Waals surface area contributed by atoms with Gasteiger partial charge in [0.2, 0.25) is 5.91 Å². The molecule has 0 unspecified atom stereocenters. The molecule has 8 heteroatoms. The Morgan fingerprint density at radius 1 is 1.54 bits per heavy atom. The summed E-state index contributed by atoms with van der Waals surface area (Å²) in [7, 11) is 0. The molecule has 1 aromatic heterocycles. The van der Waals surface area contributed by atoms with Gasteiger partial charge < -0.3 is 19.4 Å². The standard InChI is InChI=1S/C18H23N3O5/c1-12(2)18(3,11-19)20-15(22)10-26-17(24)13-7-16(23)21(8-13)9-14-5-4-6-25-14/h4-6,12-13H,7-10H2,1-3H3,(H,20,22)/t13-,18+/m0/s1. The van der Waals surface area contributed by atoms with Crippen LogP contribution in [-0.2, 0) is 25.7 Å². The molecular weight excluding hydrogens is 338 g/mol. The van der Waals surface area contributed by atoms with Crippen molar-refractivity contribution in [3.63, 3.8) is 0 Å². The van der Waals surface area contributed by atoms with Crippen molar-refractivity contribution in [1.29, 1.82) is 5.26 Å². The van der Waals surface area contributed by atoms with Gasteiger partial charge in [-0.1, -0.05) is 13.8 Å². The molecule has 0 saturated carbocycles. The zero-order valence-corrected chi connectivity index (χ0v) is 15.2. The number of likely N-dealkylation sites (tertiary alicyclic amines) is 1. The molecule has 2 rings (SSSR count). The molecule has 2 heterocycles. The van der Waals surface area contributed by atoms with Crippen LogP contribution in [0.15, 0.2) is 22.8 Å². The predicted octanol–water partition coefficient (Wildman–Crippen LogP) is 1.23. The molecule has 0 spiro atoms. The molecule has 2 atom stereocenters. The van der Waals surface area contributed by atoms with Gasteiger partial charge in [-0.25, -0.2) is 0 Å². The van der Waals surface area contributed by atoms with Crippen LogP contribution in [-0.4, -0.2) is 41.4 Å². The van der Waals surface area contributed by atoms with Crippen LogP contribution in [0.4, 0.5) is 0 Å². The zero-order valence-electron chi connectivity index (χ0n) is 15.2. The van der Waals surface area contributed by atoms with Crippen molar-refractivity contribution in [2.75, 3.05) is 13.2 Å². The summed E-state index contributed by atoms with van der Waals surface area (Å²) in [5, 5.41) is 11.8.